The van der Waals surface area contributed by atoms with Gasteiger partial charge in [0.05, 0.1) is 13.1 Å². The zero-order chi connectivity index (χ0) is 32.2. The Labute approximate surface area is 271 Å². The monoisotopic (exact) mass is 628 g/mol. The first-order valence-corrected chi connectivity index (χ1v) is 16.6. The summed E-state index contributed by atoms with van der Waals surface area (Å²) in [4.78, 5) is 0. The fraction of sp³-hybridized carbons (Fsp3) is 0.238. The van der Waals surface area contributed by atoms with Crippen molar-refractivity contribution in [2.75, 3.05) is 13.1 Å². The Bertz CT molecular complexity index is 2140. The highest BCUT2D eigenvalue weighted by Crippen LogP contribution is 2.51. The SMILES string of the molecule is CC1CC[N+]23CCC(C)c4cc(cc(F)c4F)-c4cc5ccccc5c(c4C2)-c2c(c(cc4ccccc24)-c2cc(F)c(F)c1c2)C3. The van der Waals surface area contributed by atoms with Gasteiger partial charge < -0.3 is 4.48 Å². The Morgan fingerprint density at radius 1 is 0.553 bits per heavy atom. The molecule has 7 bridgehead atoms. The van der Waals surface area contributed by atoms with Crippen LogP contribution < -0.4 is 0 Å². The van der Waals surface area contributed by atoms with Crippen LogP contribution in [-0.2, 0) is 13.1 Å². The first kappa shape index (κ1) is 28.7. The van der Waals surface area contributed by atoms with Crippen molar-refractivity contribution in [3.05, 3.63) is 130 Å². The minimum Gasteiger partial charge on any atom is -0.316 e. The second-order valence-corrected chi connectivity index (χ2v) is 14.2. The molecule has 5 heteroatoms. The molecule has 234 valence electrons. The molecule has 0 fully saturated rings. The molecule has 2 atom stereocenters. The third-order valence-electron chi connectivity index (χ3n) is 11.4. The van der Waals surface area contributed by atoms with E-state index >= 15 is 17.6 Å². The number of benzene rings is 6. The molecule has 2 unspecified atom stereocenters. The smallest absolute Gasteiger partial charge is 0.162 e. The van der Waals surface area contributed by atoms with E-state index in [4.69, 9.17) is 0 Å². The molecule has 3 aliphatic rings. The van der Waals surface area contributed by atoms with Crippen LogP contribution >= 0.6 is 0 Å². The molecule has 6 aromatic carbocycles. The third-order valence-corrected chi connectivity index (χ3v) is 11.4. The van der Waals surface area contributed by atoms with Gasteiger partial charge in [-0.1, -0.05) is 62.4 Å². The van der Waals surface area contributed by atoms with Gasteiger partial charge in [-0.15, -0.1) is 0 Å². The predicted octanol–water partition coefficient (Wildman–Crippen LogP) is 11.4. The number of quaternary nitrogens is 1. The summed E-state index contributed by atoms with van der Waals surface area (Å²) in [5.41, 5.74) is 8.45. The zero-order valence-electron chi connectivity index (χ0n) is 26.4. The number of hydrogen-bond donors (Lipinski definition) is 0. The van der Waals surface area contributed by atoms with E-state index in [0.29, 0.717) is 52.7 Å². The van der Waals surface area contributed by atoms with Crippen molar-refractivity contribution in [3.8, 4) is 33.4 Å². The molecule has 47 heavy (non-hydrogen) atoms. The lowest BCUT2D eigenvalue weighted by Gasteiger charge is -2.41. The molecule has 9 rings (SSSR count). The second-order valence-electron chi connectivity index (χ2n) is 14.2. The summed E-state index contributed by atoms with van der Waals surface area (Å²) in [5, 5.41) is 4.23. The Kier molecular flexibility index (Phi) is 6.27. The Hall–Kier alpha value is -4.48. The van der Waals surface area contributed by atoms with Crippen LogP contribution in [0.2, 0.25) is 0 Å². The van der Waals surface area contributed by atoms with Crippen LogP contribution in [0.1, 0.15) is 60.8 Å². The summed E-state index contributed by atoms with van der Waals surface area (Å²) in [5.74, 6) is -3.59. The van der Waals surface area contributed by atoms with E-state index in [1.54, 1.807) is 0 Å². The lowest BCUT2D eigenvalue weighted by atomic mass is 9.81. The Morgan fingerprint density at radius 2 is 0.979 bits per heavy atom. The molecule has 0 saturated heterocycles. The minimum absolute atomic E-state index is 0.204. The normalized spacial score (nSPS) is 21.4. The lowest BCUT2D eigenvalue weighted by molar-refractivity contribution is -0.953. The van der Waals surface area contributed by atoms with Gasteiger partial charge in [-0.05, 0) is 103 Å². The standard InChI is InChI=1S/C42H34F4N/c1-23-11-13-47-14-12-24(2)32-18-28(20-38(44)42(32)46)34-16-26-8-4-6-10-30(26)40(36(34)22-47)39-29-9-5-3-7-25(29)15-33(35(39)21-47)27-17-31(23)41(45)37(43)19-27/h3-10,15-20,23-24H,11-14,21-22H2,1-2H3/q+1. The molecule has 1 spiro atoms. The summed E-state index contributed by atoms with van der Waals surface area (Å²) in [7, 11) is 0. The van der Waals surface area contributed by atoms with Gasteiger partial charge >= 0.3 is 0 Å². The highest BCUT2D eigenvalue weighted by atomic mass is 19.2. The van der Waals surface area contributed by atoms with Crippen molar-refractivity contribution in [3.63, 3.8) is 0 Å². The quantitative estimate of drug-likeness (QED) is 0.116. The molecular formula is C42H34F4N+. The fourth-order valence-corrected chi connectivity index (χ4v) is 8.85. The molecule has 1 nitrogen and oxygen atoms in total. The van der Waals surface area contributed by atoms with Crippen LogP contribution in [0.15, 0.2) is 84.9 Å². The van der Waals surface area contributed by atoms with Gasteiger partial charge in [-0.2, -0.15) is 0 Å². The van der Waals surface area contributed by atoms with E-state index in [0.717, 1.165) is 68.0 Å². The molecule has 0 saturated carbocycles. The van der Waals surface area contributed by atoms with E-state index in [-0.39, 0.29) is 11.8 Å². The van der Waals surface area contributed by atoms with Gasteiger partial charge in [0.2, 0.25) is 0 Å². The number of fused-ring (bicyclic) bond motifs is 11. The summed E-state index contributed by atoms with van der Waals surface area (Å²) >= 11 is 0. The van der Waals surface area contributed by atoms with Crippen molar-refractivity contribution in [1.82, 2.24) is 0 Å². The molecule has 3 heterocycles. The lowest BCUT2D eigenvalue weighted by Crippen LogP contribution is -2.48. The Morgan fingerprint density at radius 3 is 1.43 bits per heavy atom. The highest BCUT2D eigenvalue weighted by molar-refractivity contribution is 6.12. The summed E-state index contributed by atoms with van der Waals surface area (Å²) in [6, 6.07) is 27.4. The number of hydrogen-bond acceptors (Lipinski definition) is 0. The van der Waals surface area contributed by atoms with Gasteiger partial charge in [0.1, 0.15) is 13.1 Å². The maximum absolute atomic E-state index is 15.5. The van der Waals surface area contributed by atoms with E-state index < -0.39 is 23.3 Å². The Balaban J connectivity index is 1.51. The number of nitrogens with zero attached hydrogens (tertiary/aromatic N) is 1. The summed E-state index contributed by atoms with van der Waals surface area (Å²) in [6.07, 6.45) is 1.33. The average molecular weight is 629 g/mol. The number of rotatable bonds is 0. The van der Waals surface area contributed by atoms with E-state index in [1.807, 2.05) is 38.1 Å². The number of halogens is 4. The molecular weight excluding hydrogens is 594 g/mol. The van der Waals surface area contributed by atoms with Crippen molar-refractivity contribution < 1.29 is 22.0 Å². The van der Waals surface area contributed by atoms with Crippen molar-refractivity contribution in [2.45, 2.75) is 51.6 Å². The van der Waals surface area contributed by atoms with Crippen molar-refractivity contribution in [1.29, 1.82) is 0 Å². The predicted molar refractivity (Wildman–Crippen MR) is 181 cm³/mol. The molecule has 0 amide bonds. The molecule has 0 N–H and O–H groups in total. The van der Waals surface area contributed by atoms with Crippen molar-refractivity contribution >= 4 is 21.5 Å². The fourth-order valence-electron chi connectivity index (χ4n) is 8.85. The van der Waals surface area contributed by atoms with Crippen LogP contribution in [-0.4, -0.2) is 17.6 Å². The van der Waals surface area contributed by atoms with Crippen LogP contribution in [0.25, 0.3) is 54.9 Å². The van der Waals surface area contributed by atoms with Gasteiger partial charge in [0, 0.05) is 35.1 Å². The van der Waals surface area contributed by atoms with Gasteiger partial charge in [-0.3, -0.25) is 0 Å². The maximum Gasteiger partial charge on any atom is 0.162 e. The van der Waals surface area contributed by atoms with Crippen LogP contribution in [0.4, 0.5) is 17.6 Å². The van der Waals surface area contributed by atoms with E-state index in [9.17, 15) is 0 Å². The van der Waals surface area contributed by atoms with Crippen molar-refractivity contribution in [2.24, 2.45) is 0 Å². The summed E-state index contributed by atoms with van der Waals surface area (Å²) < 4.78 is 62.5. The molecule has 3 aliphatic heterocycles. The first-order chi connectivity index (χ1) is 22.7. The second kappa shape index (κ2) is 10.3. The largest absolute Gasteiger partial charge is 0.316 e. The topological polar surface area (TPSA) is 0 Å². The van der Waals surface area contributed by atoms with E-state index in [2.05, 4.69) is 48.5 Å². The van der Waals surface area contributed by atoms with E-state index in [1.165, 1.54) is 12.1 Å². The summed E-state index contributed by atoms with van der Waals surface area (Å²) in [6.45, 7) is 6.84. The van der Waals surface area contributed by atoms with Gasteiger partial charge in [0.25, 0.3) is 0 Å². The van der Waals surface area contributed by atoms with Crippen LogP contribution in [0, 0.1) is 23.3 Å². The van der Waals surface area contributed by atoms with Gasteiger partial charge in [0.15, 0.2) is 23.3 Å². The highest BCUT2D eigenvalue weighted by Gasteiger charge is 2.40. The molecule has 0 aliphatic carbocycles. The molecule has 0 radical (unpaired) electrons. The zero-order valence-corrected chi connectivity index (χ0v) is 26.4. The molecule has 6 aromatic rings. The van der Waals surface area contributed by atoms with Crippen LogP contribution in [0.5, 0.6) is 0 Å². The first-order valence-electron chi connectivity index (χ1n) is 16.6. The third kappa shape index (κ3) is 4.25. The van der Waals surface area contributed by atoms with Crippen LogP contribution in [0.3, 0.4) is 0 Å². The van der Waals surface area contributed by atoms with Gasteiger partial charge in [-0.25, -0.2) is 17.6 Å². The maximum atomic E-state index is 15.5. The average Bonchev–Trinajstić information content (AvgIpc) is 3.22. The minimum atomic E-state index is -0.822. The molecule has 0 aromatic heterocycles.